The normalized spacial score (nSPS) is 11.3. The smallest absolute Gasteiger partial charge is 0.506 e. The van der Waals surface area contributed by atoms with Gasteiger partial charge in [0.25, 0.3) is 0 Å². The van der Waals surface area contributed by atoms with Crippen molar-refractivity contribution >= 4 is 22.1 Å². The molecule has 274 valence electrons. The highest BCUT2D eigenvalue weighted by atomic mass is 32.2. The van der Waals surface area contributed by atoms with Crippen LogP contribution in [-0.2, 0) is 19.6 Å². The van der Waals surface area contributed by atoms with Crippen LogP contribution < -0.4 is 4.18 Å². The fraction of sp³-hybridized carbons (Fsp3) is 0.143. The molecule has 53 heavy (non-hydrogen) atoms. The number of hydrogen-bond acceptors (Lipinski definition) is 12. The summed E-state index contributed by atoms with van der Waals surface area (Å²) in [7, 11) is -5.81. The third-order valence-corrected chi connectivity index (χ3v) is 7.87. The monoisotopic (exact) mass is 750 g/mol. The average molecular weight is 751 g/mol. The van der Waals surface area contributed by atoms with Crippen LogP contribution in [0.15, 0.2) is 109 Å². The maximum absolute atomic E-state index is 12.5. The molecule has 0 fully saturated rings. The number of hydrogen-bond donors (Lipinski definition) is 1. The van der Waals surface area contributed by atoms with Crippen LogP contribution in [0.5, 0.6) is 11.5 Å². The third-order valence-electron chi connectivity index (χ3n) is 6.89. The molecular weight excluding hydrogens is 721 g/mol. The topological polar surface area (TPSA) is 178 Å². The van der Waals surface area contributed by atoms with Gasteiger partial charge < -0.3 is 18.8 Å². The Balaban J connectivity index is 0.000000211. The summed E-state index contributed by atoms with van der Waals surface area (Å²) in [6.07, 6.45) is 2.17. The lowest BCUT2D eigenvalue weighted by Crippen LogP contribution is -2.28. The van der Waals surface area contributed by atoms with Crippen LogP contribution >= 0.6 is 0 Å². The minimum atomic E-state index is -5.81. The second kappa shape index (κ2) is 16.2. The second-order valence-electron chi connectivity index (χ2n) is 10.5. The van der Waals surface area contributed by atoms with Crippen molar-refractivity contribution in [1.82, 2.24) is 29.5 Å². The van der Waals surface area contributed by atoms with E-state index in [1.165, 1.54) is 29.1 Å². The summed E-state index contributed by atoms with van der Waals surface area (Å²) in [6, 6.07) is 26.6. The second-order valence-corrected chi connectivity index (χ2v) is 12.1. The molecular formula is C35H29F3N6O8S. The molecule has 6 rings (SSSR count). The lowest BCUT2D eigenvalue weighted by Gasteiger charge is -2.10. The lowest BCUT2D eigenvalue weighted by atomic mass is 10.2. The van der Waals surface area contributed by atoms with Crippen LogP contribution in [-0.4, -0.2) is 73.7 Å². The van der Waals surface area contributed by atoms with Crippen LogP contribution in [0.4, 0.5) is 13.2 Å². The van der Waals surface area contributed by atoms with E-state index in [4.69, 9.17) is 9.47 Å². The highest BCUT2D eigenvalue weighted by Crippen LogP contribution is 2.29. The van der Waals surface area contributed by atoms with E-state index in [-0.39, 0.29) is 36.0 Å². The molecule has 18 heteroatoms. The summed E-state index contributed by atoms with van der Waals surface area (Å²) in [5.74, 6) is -1.69. The standard InChI is InChI=1S/C18H14F3N3O5S.C17H15N3O3/c1-2-28-17(25)15-10-16(24(23-15)12-6-4-3-5-7-12)14-9-8-13(11-22-14)29-30(26,27)18(19,20)21;1-2-23-17(22)15-10-16(14-9-8-13(21)11-18-14)20(19-15)12-6-4-3-5-7-12/h3-11H,2H2,1H3;3-11,21H,2H2,1H3. The molecule has 0 radical (unpaired) electrons. The summed E-state index contributed by atoms with van der Waals surface area (Å²) < 4.78 is 76.6. The van der Waals surface area contributed by atoms with Crippen molar-refractivity contribution in [2.75, 3.05) is 13.2 Å². The number of pyridine rings is 2. The van der Waals surface area contributed by atoms with E-state index in [0.29, 0.717) is 22.8 Å². The van der Waals surface area contributed by atoms with Gasteiger partial charge in [-0.15, -0.1) is 0 Å². The highest BCUT2D eigenvalue weighted by Gasteiger charge is 2.48. The average Bonchev–Trinajstić information content (AvgIpc) is 3.80. The number of carbonyl (C=O) groups excluding carboxylic acids is 2. The summed E-state index contributed by atoms with van der Waals surface area (Å²) in [4.78, 5) is 32.2. The minimum Gasteiger partial charge on any atom is -0.506 e. The van der Waals surface area contributed by atoms with E-state index in [1.807, 2.05) is 30.3 Å². The van der Waals surface area contributed by atoms with Gasteiger partial charge in [-0.1, -0.05) is 36.4 Å². The Morgan fingerprint density at radius 2 is 1.15 bits per heavy atom. The molecule has 6 aromatic rings. The van der Waals surface area contributed by atoms with Gasteiger partial charge in [0, 0.05) is 12.1 Å². The molecule has 0 saturated carbocycles. The molecule has 0 aliphatic rings. The number of halogens is 3. The number of nitrogens with zero attached hydrogens (tertiary/aromatic N) is 6. The van der Waals surface area contributed by atoms with Gasteiger partial charge in [0.05, 0.1) is 59.8 Å². The van der Waals surface area contributed by atoms with Crippen molar-refractivity contribution in [1.29, 1.82) is 0 Å². The predicted molar refractivity (Wildman–Crippen MR) is 183 cm³/mol. The Morgan fingerprint density at radius 1 is 0.698 bits per heavy atom. The molecule has 2 aromatic carbocycles. The van der Waals surface area contributed by atoms with E-state index in [0.717, 1.165) is 18.0 Å². The van der Waals surface area contributed by atoms with Crippen molar-refractivity contribution in [3.63, 3.8) is 0 Å². The van der Waals surface area contributed by atoms with Gasteiger partial charge in [-0.2, -0.15) is 31.8 Å². The van der Waals surface area contributed by atoms with Crippen molar-refractivity contribution in [3.05, 3.63) is 121 Å². The van der Waals surface area contributed by atoms with Gasteiger partial charge in [0.15, 0.2) is 17.1 Å². The van der Waals surface area contributed by atoms with Crippen molar-refractivity contribution in [2.45, 2.75) is 19.4 Å². The largest absolute Gasteiger partial charge is 0.534 e. The van der Waals surface area contributed by atoms with E-state index in [2.05, 4.69) is 24.3 Å². The summed E-state index contributed by atoms with van der Waals surface area (Å²) in [5, 5.41) is 17.9. The molecule has 0 unspecified atom stereocenters. The molecule has 0 saturated heterocycles. The van der Waals surface area contributed by atoms with Gasteiger partial charge in [0.2, 0.25) is 0 Å². The Morgan fingerprint density at radius 3 is 1.53 bits per heavy atom. The van der Waals surface area contributed by atoms with Gasteiger partial charge in [-0.25, -0.2) is 19.0 Å². The molecule has 1 N–H and O–H groups in total. The van der Waals surface area contributed by atoms with Gasteiger partial charge in [-0.05, 0) is 62.4 Å². The maximum atomic E-state index is 12.5. The molecule has 0 bridgehead atoms. The predicted octanol–water partition coefficient (Wildman–Crippen LogP) is 6.16. The van der Waals surface area contributed by atoms with Crippen LogP contribution in [0.2, 0.25) is 0 Å². The molecule has 0 aliphatic carbocycles. The van der Waals surface area contributed by atoms with Crippen molar-refractivity contribution in [2.24, 2.45) is 0 Å². The fourth-order valence-corrected chi connectivity index (χ4v) is 5.01. The van der Waals surface area contributed by atoms with E-state index < -0.39 is 33.3 Å². The molecule has 14 nitrogen and oxygen atoms in total. The Labute approximate surface area is 300 Å². The number of para-hydroxylation sites is 2. The van der Waals surface area contributed by atoms with Crippen LogP contribution in [0.25, 0.3) is 34.2 Å². The number of benzene rings is 2. The van der Waals surface area contributed by atoms with Crippen LogP contribution in [0.3, 0.4) is 0 Å². The number of esters is 2. The molecule has 4 aromatic heterocycles. The SMILES string of the molecule is CCOC(=O)c1cc(-c2ccc(O)cn2)n(-c2ccccc2)n1.CCOC(=O)c1cc(-c2ccc(OS(=O)(=O)C(F)(F)F)cn2)n(-c2ccccc2)n1. The fourth-order valence-electron chi connectivity index (χ4n) is 4.56. The van der Waals surface area contributed by atoms with Gasteiger partial charge in [-0.3, -0.25) is 9.97 Å². The van der Waals surface area contributed by atoms with Gasteiger partial charge >= 0.3 is 27.6 Å². The first-order chi connectivity index (χ1) is 25.3. The van der Waals surface area contributed by atoms with Crippen LogP contribution in [0.1, 0.15) is 34.8 Å². The maximum Gasteiger partial charge on any atom is 0.534 e. The van der Waals surface area contributed by atoms with Crippen molar-refractivity contribution < 1.29 is 49.9 Å². The Bertz CT molecular complexity index is 2280. The van der Waals surface area contributed by atoms with E-state index in [9.17, 15) is 36.3 Å². The number of rotatable bonds is 10. The van der Waals surface area contributed by atoms with Crippen LogP contribution in [0, 0.1) is 0 Å². The van der Waals surface area contributed by atoms with E-state index >= 15 is 0 Å². The molecule has 0 amide bonds. The third kappa shape index (κ3) is 9.03. The minimum absolute atomic E-state index is 0.00233. The summed E-state index contributed by atoms with van der Waals surface area (Å²) in [5.41, 5.74) is -2.20. The first kappa shape index (κ1) is 37.7. The number of aromatic hydroxyl groups is 1. The zero-order valence-corrected chi connectivity index (χ0v) is 28.7. The quantitative estimate of drug-likeness (QED) is 0.0960. The molecule has 4 heterocycles. The van der Waals surface area contributed by atoms with E-state index in [1.54, 1.807) is 61.0 Å². The summed E-state index contributed by atoms with van der Waals surface area (Å²) in [6.45, 7) is 3.81. The molecule has 0 spiro atoms. The molecule has 0 aliphatic heterocycles. The molecule has 0 atom stereocenters. The first-order valence-corrected chi connectivity index (χ1v) is 17.0. The lowest BCUT2D eigenvalue weighted by molar-refractivity contribution is -0.0500. The zero-order valence-electron chi connectivity index (χ0n) is 27.8. The number of alkyl halides is 3. The number of aromatic nitrogens is 6. The first-order valence-electron chi connectivity index (χ1n) is 15.6. The number of carbonyl (C=O) groups is 2. The number of ether oxygens (including phenoxy) is 2. The Kier molecular flexibility index (Phi) is 11.5. The van der Waals surface area contributed by atoms with Gasteiger partial charge in [0.1, 0.15) is 5.75 Å². The Hall–Kier alpha value is -6.56. The highest BCUT2D eigenvalue weighted by molar-refractivity contribution is 7.88. The summed E-state index contributed by atoms with van der Waals surface area (Å²) >= 11 is 0. The van der Waals surface area contributed by atoms with Crippen molar-refractivity contribution in [3.8, 4) is 45.6 Å². The zero-order chi connectivity index (χ0) is 38.2.